The number of hydrogen-bond acceptors (Lipinski definition) is 4. The number of hydrogen-bond donors (Lipinski definition) is 1. The minimum absolute atomic E-state index is 0.00398. The monoisotopic (exact) mass is 444 g/mol. The first-order chi connectivity index (χ1) is 15.4. The summed E-state index contributed by atoms with van der Waals surface area (Å²) in [6.07, 6.45) is 4.77. The molecule has 0 amide bonds. The van der Waals surface area contributed by atoms with Gasteiger partial charge in [-0.15, -0.1) is 0 Å². The molecule has 2 bridgehead atoms. The van der Waals surface area contributed by atoms with E-state index >= 15 is 0 Å². The molecule has 0 saturated carbocycles. The van der Waals surface area contributed by atoms with Crippen LogP contribution >= 0.6 is 11.6 Å². The molecule has 1 aromatic heterocycles. The predicted octanol–water partition coefficient (Wildman–Crippen LogP) is 5.30. The molecule has 1 unspecified atom stereocenters. The number of phenolic OH excluding ortho intramolecular Hbond substituents is 1. The summed E-state index contributed by atoms with van der Waals surface area (Å²) in [5, 5.41) is 11.5. The number of aromatic nitrogens is 1. The second-order valence-corrected chi connectivity index (χ2v) is 10.7. The Morgan fingerprint density at radius 1 is 1.12 bits per heavy atom. The molecule has 2 aliphatic carbocycles. The Hall–Kier alpha value is -2.56. The zero-order valence-corrected chi connectivity index (χ0v) is 19.0. The van der Waals surface area contributed by atoms with E-state index in [2.05, 4.69) is 31.0 Å². The highest BCUT2D eigenvalue weighted by atomic mass is 35.5. The van der Waals surface area contributed by atoms with Crippen molar-refractivity contribution in [1.29, 1.82) is 0 Å². The summed E-state index contributed by atoms with van der Waals surface area (Å²) >= 11 is 6.10. The van der Waals surface area contributed by atoms with Gasteiger partial charge < -0.3 is 14.7 Å². The lowest BCUT2D eigenvalue weighted by atomic mass is 9.44. The number of phenols is 1. The molecule has 2 aromatic carbocycles. The maximum Gasteiger partial charge on any atom is 0.166 e. The van der Waals surface area contributed by atoms with Crippen LogP contribution < -0.4 is 4.74 Å². The lowest BCUT2D eigenvalue weighted by molar-refractivity contribution is -0.0911. The second-order valence-electron chi connectivity index (χ2n) is 10.2. The van der Waals surface area contributed by atoms with Crippen molar-refractivity contribution in [2.75, 3.05) is 13.6 Å². The Morgan fingerprint density at radius 2 is 1.94 bits per heavy atom. The van der Waals surface area contributed by atoms with Crippen LogP contribution in [0, 0.1) is 5.41 Å². The summed E-state index contributed by atoms with van der Waals surface area (Å²) in [7, 11) is 2.26. The Kier molecular flexibility index (Phi) is 3.59. The van der Waals surface area contributed by atoms with E-state index in [4.69, 9.17) is 21.3 Å². The number of ether oxygens (including phenoxy) is 1. The SMILES string of the molecule is CN1CC[C@]23c4c5ccc(O)c4O[C@H]2c2ncc(-c4ccc(Cl)cc4)cc2C[C@@]3(C)C1C5. The molecule has 32 heavy (non-hydrogen) atoms. The van der Waals surface area contributed by atoms with Crippen LogP contribution in [-0.2, 0) is 18.3 Å². The van der Waals surface area contributed by atoms with E-state index < -0.39 is 0 Å². The molecule has 1 N–H and O–H groups in total. The number of rotatable bonds is 1. The summed E-state index contributed by atoms with van der Waals surface area (Å²) in [5.74, 6) is 0.949. The molecule has 5 heteroatoms. The first-order valence-corrected chi connectivity index (χ1v) is 11.8. The van der Waals surface area contributed by atoms with Crippen LogP contribution in [0.1, 0.15) is 41.8 Å². The fourth-order valence-corrected chi connectivity index (χ4v) is 7.53. The second kappa shape index (κ2) is 6.06. The van der Waals surface area contributed by atoms with Crippen molar-refractivity contribution in [3.8, 4) is 22.6 Å². The summed E-state index contributed by atoms with van der Waals surface area (Å²) in [4.78, 5) is 7.54. The number of halogens is 1. The number of fused-ring (bicyclic) bond motifs is 2. The summed E-state index contributed by atoms with van der Waals surface area (Å²) in [5.41, 5.74) is 6.96. The molecule has 2 aliphatic heterocycles. The van der Waals surface area contributed by atoms with E-state index in [1.54, 1.807) is 6.07 Å². The maximum absolute atomic E-state index is 10.7. The molecular formula is C27H25ClN2O2. The highest BCUT2D eigenvalue weighted by molar-refractivity contribution is 6.30. The standard InChI is InChI=1S/C27H25ClN2O2/c1-26-13-17-11-18(15-3-6-19(28)7-4-15)14-29-23(17)25-27(26)9-10-30(2)21(26)12-16-5-8-20(31)24(32-25)22(16)27/h3-8,11,14,21,25,31H,9-10,12-13H2,1-2H3/t21?,25-,26-,27-/m0/s1. The van der Waals surface area contributed by atoms with Crippen molar-refractivity contribution in [3.05, 3.63) is 76.1 Å². The van der Waals surface area contributed by atoms with Crippen LogP contribution in [0.5, 0.6) is 11.5 Å². The third kappa shape index (κ3) is 2.11. The van der Waals surface area contributed by atoms with Gasteiger partial charge in [0.05, 0.1) is 11.1 Å². The predicted molar refractivity (Wildman–Crippen MR) is 124 cm³/mol. The van der Waals surface area contributed by atoms with Gasteiger partial charge in [-0.2, -0.15) is 0 Å². The van der Waals surface area contributed by atoms with E-state index in [1.165, 1.54) is 16.7 Å². The lowest BCUT2D eigenvalue weighted by Gasteiger charge is -2.64. The number of benzene rings is 2. The van der Waals surface area contributed by atoms with E-state index in [9.17, 15) is 5.11 Å². The molecule has 0 radical (unpaired) electrons. The number of likely N-dealkylation sites (tertiary alicyclic amines) is 1. The number of aromatic hydroxyl groups is 1. The fourth-order valence-electron chi connectivity index (χ4n) is 7.41. The van der Waals surface area contributed by atoms with Crippen molar-refractivity contribution in [2.24, 2.45) is 5.41 Å². The maximum atomic E-state index is 10.7. The van der Waals surface area contributed by atoms with Crippen LogP contribution in [0.2, 0.25) is 5.02 Å². The van der Waals surface area contributed by atoms with Crippen molar-refractivity contribution in [3.63, 3.8) is 0 Å². The number of nitrogens with zero attached hydrogens (tertiary/aromatic N) is 2. The van der Waals surface area contributed by atoms with E-state index in [0.717, 1.165) is 47.7 Å². The van der Waals surface area contributed by atoms with Gasteiger partial charge >= 0.3 is 0 Å². The van der Waals surface area contributed by atoms with Gasteiger partial charge in [0.2, 0.25) is 0 Å². The first kappa shape index (κ1) is 19.0. The van der Waals surface area contributed by atoms with Gasteiger partial charge in [0.25, 0.3) is 0 Å². The molecule has 4 aliphatic rings. The molecule has 7 rings (SSSR count). The summed E-state index contributed by atoms with van der Waals surface area (Å²) in [6, 6.07) is 14.6. The van der Waals surface area contributed by atoms with Gasteiger partial charge in [0.1, 0.15) is 0 Å². The summed E-state index contributed by atoms with van der Waals surface area (Å²) in [6.45, 7) is 3.48. The molecule has 4 nitrogen and oxygen atoms in total. The van der Waals surface area contributed by atoms with Gasteiger partial charge in [0, 0.05) is 33.8 Å². The topological polar surface area (TPSA) is 45.6 Å². The highest BCUT2D eigenvalue weighted by Crippen LogP contribution is 2.71. The number of likely N-dealkylation sites (N-methyl/N-ethyl adjacent to an activating group) is 1. The zero-order chi connectivity index (χ0) is 21.8. The van der Waals surface area contributed by atoms with Crippen LogP contribution in [0.15, 0.2) is 48.7 Å². The van der Waals surface area contributed by atoms with E-state index in [-0.39, 0.29) is 22.7 Å². The third-order valence-corrected chi connectivity index (χ3v) is 9.15. The van der Waals surface area contributed by atoms with Crippen molar-refractivity contribution in [2.45, 2.75) is 43.7 Å². The quantitative estimate of drug-likeness (QED) is 0.553. The molecule has 162 valence electrons. The minimum Gasteiger partial charge on any atom is -0.504 e. The molecule has 3 heterocycles. The molecule has 3 aromatic rings. The van der Waals surface area contributed by atoms with Crippen molar-refractivity contribution in [1.82, 2.24) is 9.88 Å². The van der Waals surface area contributed by atoms with Crippen LogP contribution in [-0.4, -0.2) is 34.6 Å². The van der Waals surface area contributed by atoms with Crippen LogP contribution in [0.25, 0.3) is 11.1 Å². The van der Waals surface area contributed by atoms with Crippen molar-refractivity contribution >= 4 is 11.6 Å². The Bertz CT molecular complexity index is 1290. The largest absolute Gasteiger partial charge is 0.504 e. The highest BCUT2D eigenvalue weighted by Gasteiger charge is 2.70. The van der Waals surface area contributed by atoms with Crippen molar-refractivity contribution < 1.29 is 9.84 Å². The molecule has 1 fully saturated rings. The molecule has 4 atom stereocenters. The first-order valence-electron chi connectivity index (χ1n) is 11.4. The van der Waals surface area contributed by atoms with Gasteiger partial charge in [-0.1, -0.05) is 36.7 Å². The molecule has 1 spiro atoms. The zero-order valence-electron chi connectivity index (χ0n) is 18.2. The van der Waals surface area contributed by atoms with Gasteiger partial charge in [0.15, 0.2) is 17.6 Å². The number of piperidine rings is 1. The average molecular weight is 445 g/mol. The minimum atomic E-state index is -0.158. The number of pyridine rings is 1. The van der Waals surface area contributed by atoms with Crippen LogP contribution in [0.3, 0.4) is 0 Å². The Balaban J connectivity index is 1.46. The summed E-state index contributed by atoms with van der Waals surface area (Å²) < 4.78 is 6.65. The molecular weight excluding hydrogens is 420 g/mol. The third-order valence-electron chi connectivity index (χ3n) is 8.90. The Labute approximate surface area is 192 Å². The van der Waals surface area contributed by atoms with Crippen LogP contribution in [0.4, 0.5) is 0 Å². The van der Waals surface area contributed by atoms with E-state index in [0.29, 0.717) is 11.8 Å². The average Bonchev–Trinajstić information content (AvgIpc) is 3.14. The van der Waals surface area contributed by atoms with Gasteiger partial charge in [-0.3, -0.25) is 4.98 Å². The lowest BCUT2D eigenvalue weighted by Crippen LogP contribution is -2.68. The molecule has 1 saturated heterocycles. The fraction of sp³-hybridized carbons (Fsp3) is 0.370. The van der Waals surface area contributed by atoms with E-state index in [1.807, 2.05) is 30.5 Å². The normalized spacial score (nSPS) is 31.6. The van der Waals surface area contributed by atoms with Gasteiger partial charge in [-0.05, 0) is 73.8 Å². The Morgan fingerprint density at radius 3 is 2.75 bits per heavy atom. The smallest absolute Gasteiger partial charge is 0.166 e. The van der Waals surface area contributed by atoms with Gasteiger partial charge in [-0.25, -0.2) is 0 Å².